The number of ether oxygens (including phenoxy) is 1. The fraction of sp³-hybridized carbons (Fsp3) is 0.435. The monoisotopic (exact) mass is 394 g/mol. The van der Waals surface area contributed by atoms with Crippen LogP contribution < -0.4 is 15.4 Å². The van der Waals surface area contributed by atoms with E-state index in [0.29, 0.717) is 11.6 Å². The number of piperazine rings is 1. The fourth-order valence-corrected chi connectivity index (χ4v) is 4.25. The summed E-state index contributed by atoms with van der Waals surface area (Å²) in [6.07, 6.45) is 1.24. The molecule has 0 saturated carbocycles. The molecule has 2 heterocycles. The lowest BCUT2D eigenvalue weighted by molar-refractivity contribution is 0.102. The summed E-state index contributed by atoms with van der Waals surface area (Å²) in [5, 5.41) is 6.44. The van der Waals surface area contributed by atoms with Gasteiger partial charge in [0, 0.05) is 63.1 Å². The van der Waals surface area contributed by atoms with Crippen LogP contribution in [-0.4, -0.2) is 68.1 Å². The van der Waals surface area contributed by atoms with Crippen molar-refractivity contribution in [1.29, 1.82) is 0 Å². The number of benzene rings is 2. The summed E-state index contributed by atoms with van der Waals surface area (Å²) in [4.78, 5) is 17.7. The molecule has 0 radical (unpaired) electrons. The highest BCUT2D eigenvalue weighted by Crippen LogP contribution is 2.20. The molecule has 4 rings (SSSR count). The zero-order valence-corrected chi connectivity index (χ0v) is 17.1. The molecule has 2 N–H and O–H groups in total. The number of methoxy groups -OCH3 is 1. The van der Waals surface area contributed by atoms with Crippen LogP contribution in [0.3, 0.4) is 0 Å². The van der Waals surface area contributed by atoms with Gasteiger partial charge in [-0.15, -0.1) is 0 Å². The van der Waals surface area contributed by atoms with Gasteiger partial charge in [-0.1, -0.05) is 12.1 Å². The molecular weight excluding hydrogens is 364 g/mol. The standard InChI is InChI=1S/C23H30N4O2/c1-29-22-7-5-19(6-8-22)23(28)25-20-4-2-3-18(15-20)16-26-12-9-21(17-26)27-13-10-24-11-14-27/h2-8,15,21,24H,9-14,16-17H2,1H3,(H,25,28). The summed E-state index contributed by atoms with van der Waals surface area (Å²) in [6, 6.07) is 16.0. The second-order valence-electron chi connectivity index (χ2n) is 7.85. The maximum absolute atomic E-state index is 12.5. The largest absolute Gasteiger partial charge is 0.497 e. The molecule has 2 aliphatic rings. The van der Waals surface area contributed by atoms with Gasteiger partial charge in [0.05, 0.1) is 7.11 Å². The second kappa shape index (κ2) is 9.39. The number of hydrogen-bond donors (Lipinski definition) is 2. The van der Waals surface area contributed by atoms with Crippen LogP contribution in [0.2, 0.25) is 0 Å². The first kappa shape index (κ1) is 19.9. The van der Waals surface area contributed by atoms with E-state index in [1.807, 2.05) is 12.1 Å². The Morgan fingerprint density at radius 1 is 1.14 bits per heavy atom. The van der Waals surface area contributed by atoms with E-state index in [2.05, 4.69) is 32.6 Å². The molecule has 2 aliphatic heterocycles. The average molecular weight is 395 g/mol. The van der Waals surface area contributed by atoms with Crippen molar-refractivity contribution in [3.63, 3.8) is 0 Å². The predicted molar refractivity (Wildman–Crippen MR) is 116 cm³/mol. The van der Waals surface area contributed by atoms with Gasteiger partial charge in [0.15, 0.2) is 0 Å². The molecule has 0 aromatic heterocycles. The van der Waals surface area contributed by atoms with E-state index in [-0.39, 0.29) is 5.91 Å². The molecule has 1 amide bonds. The van der Waals surface area contributed by atoms with E-state index in [1.54, 1.807) is 31.4 Å². The predicted octanol–water partition coefficient (Wildman–Crippen LogP) is 2.43. The number of hydrogen-bond acceptors (Lipinski definition) is 5. The first-order chi connectivity index (χ1) is 14.2. The number of anilines is 1. The van der Waals surface area contributed by atoms with Gasteiger partial charge in [-0.05, 0) is 48.4 Å². The van der Waals surface area contributed by atoms with Gasteiger partial charge in [-0.3, -0.25) is 14.6 Å². The van der Waals surface area contributed by atoms with Gasteiger partial charge >= 0.3 is 0 Å². The summed E-state index contributed by atoms with van der Waals surface area (Å²) < 4.78 is 5.15. The van der Waals surface area contributed by atoms with Gasteiger partial charge in [-0.2, -0.15) is 0 Å². The van der Waals surface area contributed by atoms with Crippen LogP contribution in [0.5, 0.6) is 5.75 Å². The molecule has 0 bridgehead atoms. The van der Waals surface area contributed by atoms with Crippen molar-refractivity contribution in [3.8, 4) is 5.75 Å². The van der Waals surface area contributed by atoms with E-state index in [9.17, 15) is 4.79 Å². The molecule has 6 heteroatoms. The Kier molecular flexibility index (Phi) is 6.44. The summed E-state index contributed by atoms with van der Waals surface area (Å²) in [7, 11) is 1.62. The molecule has 2 saturated heterocycles. The highest BCUT2D eigenvalue weighted by Gasteiger charge is 2.28. The molecule has 1 unspecified atom stereocenters. The summed E-state index contributed by atoms with van der Waals surface area (Å²) in [6.45, 7) is 7.71. The molecule has 2 aromatic carbocycles. The number of carbonyl (C=O) groups excluding carboxylic acids is 1. The Morgan fingerprint density at radius 2 is 1.93 bits per heavy atom. The minimum Gasteiger partial charge on any atom is -0.497 e. The number of rotatable bonds is 6. The minimum absolute atomic E-state index is 0.107. The molecule has 29 heavy (non-hydrogen) atoms. The van der Waals surface area contributed by atoms with E-state index < -0.39 is 0 Å². The van der Waals surface area contributed by atoms with Crippen molar-refractivity contribution in [2.24, 2.45) is 0 Å². The molecule has 1 atom stereocenters. The quantitative estimate of drug-likeness (QED) is 0.788. The van der Waals surface area contributed by atoms with Gasteiger partial charge < -0.3 is 15.4 Å². The molecule has 2 aromatic rings. The van der Waals surface area contributed by atoms with Crippen molar-refractivity contribution in [2.45, 2.75) is 19.0 Å². The zero-order valence-electron chi connectivity index (χ0n) is 17.1. The van der Waals surface area contributed by atoms with E-state index >= 15 is 0 Å². The Bertz CT molecular complexity index is 818. The number of nitrogens with zero attached hydrogens (tertiary/aromatic N) is 2. The van der Waals surface area contributed by atoms with E-state index in [4.69, 9.17) is 4.74 Å². The lowest BCUT2D eigenvalue weighted by Gasteiger charge is -2.32. The van der Waals surface area contributed by atoms with Crippen molar-refractivity contribution < 1.29 is 9.53 Å². The third-order valence-corrected chi connectivity index (χ3v) is 5.86. The third kappa shape index (κ3) is 5.15. The average Bonchev–Trinajstić information content (AvgIpc) is 3.23. The van der Waals surface area contributed by atoms with Crippen LogP contribution in [0.4, 0.5) is 5.69 Å². The maximum Gasteiger partial charge on any atom is 0.255 e. The Balaban J connectivity index is 1.33. The number of likely N-dealkylation sites (tertiary alicyclic amines) is 1. The van der Waals surface area contributed by atoms with Gasteiger partial charge in [-0.25, -0.2) is 0 Å². The molecule has 0 spiro atoms. The van der Waals surface area contributed by atoms with Crippen LogP contribution in [0.15, 0.2) is 48.5 Å². The number of nitrogens with one attached hydrogen (secondary N) is 2. The maximum atomic E-state index is 12.5. The second-order valence-corrected chi connectivity index (χ2v) is 7.85. The Labute approximate surface area is 172 Å². The lowest BCUT2D eigenvalue weighted by atomic mass is 10.1. The normalized spacial score (nSPS) is 20.5. The smallest absolute Gasteiger partial charge is 0.255 e. The summed E-state index contributed by atoms with van der Waals surface area (Å²) in [5.74, 6) is 0.637. The first-order valence-electron chi connectivity index (χ1n) is 10.4. The highest BCUT2D eigenvalue weighted by molar-refractivity contribution is 6.04. The van der Waals surface area contributed by atoms with Gasteiger partial charge in [0.25, 0.3) is 5.91 Å². The first-order valence-corrected chi connectivity index (χ1v) is 10.4. The fourth-order valence-electron chi connectivity index (χ4n) is 4.25. The van der Waals surface area contributed by atoms with Crippen molar-refractivity contribution in [2.75, 3.05) is 51.7 Å². The van der Waals surface area contributed by atoms with Gasteiger partial charge in [0.2, 0.25) is 0 Å². The minimum atomic E-state index is -0.107. The topological polar surface area (TPSA) is 56.8 Å². The van der Waals surface area contributed by atoms with Crippen molar-refractivity contribution in [1.82, 2.24) is 15.1 Å². The van der Waals surface area contributed by atoms with Crippen LogP contribution in [0.25, 0.3) is 0 Å². The van der Waals surface area contributed by atoms with E-state index in [0.717, 1.165) is 57.3 Å². The molecule has 2 fully saturated rings. The number of carbonyl (C=O) groups is 1. The summed E-state index contributed by atoms with van der Waals surface area (Å²) >= 11 is 0. The van der Waals surface area contributed by atoms with E-state index in [1.165, 1.54) is 12.0 Å². The molecule has 6 nitrogen and oxygen atoms in total. The molecule has 0 aliphatic carbocycles. The highest BCUT2D eigenvalue weighted by atomic mass is 16.5. The van der Waals surface area contributed by atoms with Crippen LogP contribution >= 0.6 is 0 Å². The SMILES string of the molecule is COc1ccc(C(=O)Nc2cccc(CN3CCC(N4CCNCC4)C3)c2)cc1. The van der Waals surface area contributed by atoms with Gasteiger partial charge in [0.1, 0.15) is 5.75 Å². The zero-order chi connectivity index (χ0) is 20.1. The van der Waals surface area contributed by atoms with Crippen LogP contribution in [0.1, 0.15) is 22.3 Å². The summed E-state index contributed by atoms with van der Waals surface area (Å²) in [5.41, 5.74) is 2.69. The number of amides is 1. The van der Waals surface area contributed by atoms with Crippen LogP contribution in [0, 0.1) is 0 Å². The molecule has 154 valence electrons. The third-order valence-electron chi connectivity index (χ3n) is 5.86. The van der Waals surface area contributed by atoms with Crippen LogP contribution in [-0.2, 0) is 6.54 Å². The Morgan fingerprint density at radius 3 is 2.69 bits per heavy atom. The van der Waals surface area contributed by atoms with Crippen molar-refractivity contribution in [3.05, 3.63) is 59.7 Å². The van der Waals surface area contributed by atoms with Crippen molar-refractivity contribution >= 4 is 11.6 Å². The Hall–Kier alpha value is -2.41. The lowest BCUT2D eigenvalue weighted by Crippen LogP contribution is -2.49. The molecular formula is C23H30N4O2.